The third-order valence-electron chi connectivity index (χ3n) is 3.31. The normalized spacial score (nSPS) is 12.2. The molecule has 0 spiro atoms. The molecule has 0 aliphatic heterocycles. The summed E-state index contributed by atoms with van der Waals surface area (Å²) in [6.07, 6.45) is 5.28. The van der Waals surface area contributed by atoms with Crippen LogP contribution < -0.4 is 5.32 Å². The second-order valence-corrected chi connectivity index (χ2v) is 5.89. The molecule has 0 aliphatic rings. The molecule has 0 aliphatic carbocycles. The van der Waals surface area contributed by atoms with Gasteiger partial charge in [0.1, 0.15) is 0 Å². The molecule has 112 valence electrons. The minimum absolute atomic E-state index is 0.110. The number of amides is 1. The summed E-state index contributed by atoms with van der Waals surface area (Å²) in [7, 11) is 0. The molecule has 0 fully saturated rings. The van der Waals surface area contributed by atoms with Crippen LogP contribution in [0.15, 0.2) is 5.16 Å². The zero-order chi connectivity index (χ0) is 15.1. The van der Waals surface area contributed by atoms with Crippen molar-refractivity contribution in [3.8, 4) is 0 Å². The topological polar surface area (TPSA) is 54.9 Å². The molecule has 1 amide bonds. The predicted octanol–water partition coefficient (Wildman–Crippen LogP) is 3.05. The van der Waals surface area contributed by atoms with Gasteiger partial charge < -0.3 is 5.32 Å². The molecule has 1 rings (SSSR count). The first-order valence-electron chi connectivity index (χ1n) is 7.15. The van der Waals surface area contributed by atoms with Gasteiger partial charge in [0.2, 0.25) is 5.91 Å². The van der Waals surface area contributed by atoms with Gasteiger partial charge in [-0.1, -0.05) is 25.1 Å². The second-order valence-electron chi connectivity index (χ2n) is 5.12. The van der Waals surface area contributed by atoms with Gasteiger partial charge in [-0.05, 0) is 45.4 Å². The van der Waals surface area contributed by atoms with Crippen molar-refractivity contribution in [1.82, 2.24) is 15.3 Å². The van der Waals surface area contributed by atoms with Gasteiger partial charge in [-0.25, -0.2) is 9.97 Å². The van der Waals surface area contributed by atoms with E-state index in [9.17, 15) is 4.79 Å². The molecule has 0 unspecified atom stereocenters. The SMILES string of the molecule is CCC[C@H](C)NC(=O)CCc1c(C)nc(SC)nc1C. The summed E-state index contributed by atoms with van der Waals surface area (Å²) in [6.45, 7) is 8.15. The Hall–Kier alpha value is -1.10. The van der Waals surface area contributed by atoms with Crippen molar-refractivity contribution >= 4 is 17.7 Å². The van der Waals surface area contributed by atoms with Gasteiger partial charge in [0.05, 0.1) is 0 Å². The fourth-order valence-corrected chi connectivity index (χ4v) is 2.71. The zero-order valence-corrected chi connectivity index (χ0v) is 13.9. The first kappa shape index (κ1) is 17.0. The molecular formula is C15H25N3OS. The second kappa shape index (κ2) is 8.25. The highest BCUT2D eigenvalue weighted by molar-refractivity contribution is 7.98. The zero-order valence-electron chi connectivity index (χ0n) is 13.1. The molecule has 4 nitrogen and oxygen atoms in total. The molecule has 0 saturated heterocycles. The van der Waals surface area contributed by atoms with E-state index in [1.165, 1.54) is 0 Å². The lowest BCUT2D eigenvalue weighted by molar-refractivity contribution is -0.121. The number of aromatic nitrogens is 2. The van der Waals surface area contributed by atoms with E-state index in [0.717, 1.165) is 34.9 Å². The quantitative estimate of drug-likeness (QED) is 0.620. The summed E-state index contributed by atoms with van der Waals surface area (Å²) < 4.78 is 0. The lowest BCUT2D eigenvalue weighted by atomic mass is 10.1. The number of carbonyl (C=O) groups excluding carboxylic acids is 1. The fraction of sp³-hybridized carbons (Fsp3) is 0.667. The van der Waals surface area contributed by atoms with Crippen molar-refractivity contribution in [2.24, 2.45) is 0 Å². The third kappa shape index (κ3) is 5.12. The van der Waals surface area contributed by atoms with Gasteiger partial charge in [0, 0.05) is 23.9 Å². The average molecular weight is 295 g/mol. The Morgan fingerprint density at radius 1 is 1.30 bits per heavy atom. The molecule has 0 saturated carbocycles. The number of aryl methyl sites for hydroxylation is 2. The van der Waals surface area contributed by atoms with Crippen molar-refractivity contribution in [1.29, 1.82) is 0 Å². The molecule has 1 N–H and O–H groups in total. The van der Waals surface area contributed by atoms with Gasteiger partial charge >= 0.3 is 0 Å². The standard InChI is InChI=1S/C15H25N3OS/c1-6-7-10(2)16-14(19)9-8-13-11(3)17-15(20-5)18-12(13)4/h10H,6-9H2,1-5H3,(H,16,19)/t10-/m0/s1. The van der Waals surface area contributed by atoms with E-state index in [4.69, 9.17) is 0 Å². The molecule has 20 heavy (non-hydrogen) atoms. The summed E-state index contributed by atoms with van der Waals surface area (Å²) in [5.41, 5.74) is 3.06. The van der Waals surface area contributed by atoms with Gasteiger partial charge in [-0.3, -0.25) is 4.79 Å². The Kier molecular flexibility index (Phi) is 6.99. The molecule has 0 aromatic carbocycles. The van der Waals surface area contributed by atoms with Gasteiger partial charge in [0.15, 0.2) is 5.16 Å². The number of rotatable bonds is 7. The van der Waals surface area contributed by atoms with E-state index in [-0.39, 0.29) is 11.9 Å². The maximum atomic E-state index is 11.9. The first-order chi connectivity index (χ1) is 9.47. The van der Waals surface area contributed by atoms with Crippen LogP contribution in [0, 0.1) is 13.8 Å². The van der Waals surface area contributed by atoms with E-state index in [1.807, 2.05) is 27.0 Å². The lowest BCUT2D eigenvalue weighted by Crippen LogP contribution is -2.32. The maximum absolute atomic E-state index is 11.9. The highest BCUT2D eigenvalue weighted by atomic mass is 32.2. The minimum Gasteiger partial charge on any atom is -0.354 e. The Morgan fingerprint density at radius 3 is 2.40 bits per heavy atom. The van der Waals surface area contributed by atoms with Crippen LogP contribution in [0.3, 0.4) is 0 Å². The van der Waals surface area contributed by atoms with Gasteiger partial charge in [0.25, 0.3) is 0 Å². The molecule has 1 heterocycles. The van der Waals surface area contributed by atoms with E-state index in [0.29, 0.717) is 12.8 Å². The van der Waals surface area contributed by atoms with Gasteiger partial charge in [-0.15, -0.1) is 0 Å². The smallest absolute Gasteiger partial charge is 0.220 e. The predicted molar refractivity (Wildman–Crippen MR) is 84.1 cm³/mol. The molecule has 1 aromatic heterocycles. The molecule has 0 radical (unpaired) electrons. The molecular weight excluding hydrogens is 270 g/mol. The highest BCUT2D eigenvalue weighted by Crippen LogP contribution is 2.17. The molecule has 1 atom stereocenters. The number of hydrogen-bond donors (Lipinski definition) is 1. The maximum Gasteiger partial charge on any atom is 0.220 e. The van der Waals surface area contributed by atoms with Crippen LogP contribution >= 0.6 is 11.8 Å². The Balaban J connectivity index is 2.59. The average Bonchev–Trinajstić information content (AvgIpc) is 2.37. The van der Waals surface area contributed by atoms with Crippen LogP contribution in [-0.2, 0) is 11.2 Å². The summed E-state index contributed by atoms with van der Waals surface area (Å²) in [5, 5.41) is 3.82. The first-order valence-corrected chi connectivity index (χ1v) is 8.37. The summed E-state index contributed by atoms with van der Waals surface area (Å²) >= 11 is 1.54. The van der Waals surface area contributed by atoms with Crippen LogP contribution in [0.25, 0.3) is 0 Å². The third-order valence-corrected chi connectivity index (χ3v) is 3.86. The molecule has 0 bridgehead atoms. The number of thioether (sulfide) groups is 1. The van der Waals surface area contributed by atoms with Crippen LogP contribution in [0.1, 0.15) is 50.1 Å². The van der Waals surface area contributed by atoms with Crippen molar-refractivity contribution in [3.63, 3.8) is 0 Å². The Bertz CT molecular complexity index is 439. The van der Waals surface area contributed by atoms with Crippen LogP contribution in [0.4, 0.5) is 0 Å². The largest absolute Gasteiger partial charge is 0.354 e. The number of nitrogens with one attached hydrogen (secondary N) is 1. The van der Waals surface area contributed by atoms with Crippen LogP contribution in [0.2, 0.25) is 0 Å². The van der Waals surface area contributed by atoms with E-state index in [2.05, 4.69) is 22.2 Å². The van der Waals surface area contributed by atoms with E-state index < -0.39 is 0 Å². The van der Waals surface area contributed by atoms with Crippen molar-refractivity contribution < 1.29 is 4.79 Å². The van der Waals surface area contributed by atoms with Crippen LogP contribution in [-0.4, -0.2) is 28.2 Å². The highest BCUT2D eigenvalue weighted by Gasteiger charge is 2.11. The fourth-order valence-electron chi connectivity index (χ4n) is 2.25. The van der Waals surface area contributed by atoms with Gasteiger partial charge in [-0.2, -0.15) is 0 Å². The Labute approximate surface area is 126 Å². The van der Waals surface area contributed by atoms with Crippen LogP contribution in [0.5, 0.6) is 0 Å². The van der Waals surface area contributed by atoms with Crippen molar-refractivity contribution in [2.75, 3.05) is 6.26 Å². The monoisotopic (exact) mass is 295 g/mol. The summed E-state index contributed by atoms with van der Waals surface area (Å²) in [4.78, 5) is 20.8. The number of nitrogens with zero attached hydrogens (tertiary/aromatic N) is 2. The summed E-state index contributed by atoms with van der Waals surface area (Å²) in [5.74, 6) is 0.110. The Morgan fingerprint density at radius 2 is 1.90 bits per heavy atom. The van der Waals surface area contributed by atoms with E-state index >= 15 is 0 Å². The number of carbonyl (C=O) groups is 1. The van der Waals surface area contributed by atoms with E-state index in [1.54, 1.807) is 11.8 Å². The minimum atomic E-state index is 0.110. The summed E-state index contributed by atoms with van der Waals surface area (Å²) in [6, 6.07) is 0.254. The lowest BCUT2D eigenvalue weighted by Gasteiger charge is -2.14. The molecule has 1 aromatic rings. The molecule has 5 heteroatoms. The van der Waals surface area contributed by atoms with Crippen molar-refractivity contribution in [2.45, 2.75) is 64.6 Å². The number of hydrogen-bond acceptors (Lipinski definition) is 4. The van der Waals surface area contributed by atoms with Crippen molar-refractivity contribution in [3.05, 3.63) is 17.0 Å².